The van der Waals surface area contributed by atoms with Crippen LogP contribution in [0.25, 0.3) is 0 Å². The van der Waals surface area contributed by atoms with E-state index < -0.39 is 5.91 Å². The van der Waals surface area contributed by atoms with Gasteiger partial charge in [-0.1, -0.05) is 13.0 Å². The molecule has 4 nitrogen and oxygen atoms in total. The van der Waals surface area contributed by atoms with Gasteiger partial charge in [0.15, 0.2) is 0 Å². The molecule has 0 saturated heterocycles. The molecule has 106 valence electrons. The first-order chi connectivity index (χ1) is 8.95. The average Bonchev–Trinajstić information content (AvgIpc) is 2.33. The number of carbonyl (C=O) groups excluding carboxylic acids is 1. The fourth-order valence-electron chi connectivity index (χ4n) is 1.88. The summed E-state index contributed by atoms with van der Waals surface area (Å²) in [6.45, 7) is 7.28. The van der Waals surface area contributed by atoms with Gasteiger partial charge in [0.25, 0.3) is 0 Å². The number of nitrogens with zero attached hydrogens (tertiary/aromatic N) is 1. The minimum atomic E-state index is -0.468. The monoisotopic (exact) mass is 267 g/mol. The molecule has 0 saturated carbocycles. The summed E-state index contributed by atoms with van der Waals surface area (Å²) in [5.74, 6) is -0.796. The van der Waals surface area contributed by atoms with E-state index in [1.165, 1.54) is 6.07 Å². The zero-order valence-corrected chi connectivity index (χ0v) is 11.7. The third-order valence-corrected chi connectivity index (χ3v) is 2.85. The Bertz CT molecular complexity index is 435. The lowest BCUT2D eigenvalue weighted by atomic mass is 10.1. The maximum Gasteiger partial charge on any atom is 0.236 e. The third kappa shape index (κ3) is 4.52. The van der Waals surface area contributed by atoms with Crippen molar-refractivity contribution in [3.8, 4) is 0 Å². The number of hydrogen-bond acceptors (Lipinski definition) is 3. The van der Waals surface area contributed by atoms with Gasteiger partial charge in [-0.2, -0.15) is 0 Å². The number of nitrogens with two attached hydrogens (primary N) is 1. The van der Waals surface area contributed by atoms with E-state index in [2.05, 4.69) is 5.32 Å². The Labute approximate surface area is 113 Å². The van der Waals surface area contributed by atoms with E-state index in [0.717, 1.165) is 12.1 Å². The second-order valence-corrected chi connectivity index (χ2v) is 4.75. The number of hydrogen-bond donors (Lipinski definition) is 2. The van der Waals surface area contributed by atoms with E-state index in [-0.39, 0.29) is 18.4 Å². The smallest absolute Gasteiger partial charge is 0.236 e. The number of primary amides is 1. The number of benzene rings is 1. The van der Waals surface area contributed by atoms with Gasteiger partial charge in [0, 0.05) is 12.6 Å². The molecule has 19 heavy (non-hydrogen) atoms. The average molecular weight is 267 g/mol. The molecule has 0 bridgehead atoms. The highest BCUT2D eigenvalue weighted by atomic mass is 19.1. The lowest BCUT2D eigenvalue weighted by molar-refractivity contribution is -0.116. The molecule has 0 aliphatic rings. The molecule has 1 rings (SSSR count). The van der Waals surface area contributed by atoms with Crippen LogP contribution in [0, 0.1) is 5.82 Å². The van der Waals surface area contributed by atoms with E-state index in [4.69, 9.17) is 5.73 Å². The van der Waals surface area contributed by atoms with Crippen LogP contribution in [0.4, 0.5) is 10.1 Å². The summed E-state index contributed by atoms with van der Waals surface area (Å²) in [6, 6.07) is 5.05. The molecular formula is C14H22FN3O. The molecule has 3 N–H and O–H groups in total. The van der Waals surface area contributed by atoms with E-state index in [1.54, 1.807) is 11.0 Å². The highest BCUT2D eigenvalue weighted by Crippen LogP contribution is 2.22. The Morgan fingerprint density at radius 3 is 2.63 bits per heavy atom. The Balaban J connectivity index is 2.94. The molecule has 0 unspecified atom stereocenters. The molecule has 0 aliphatic carbocycles. The van der Waals surface area contributed by atoms with Crippen LogP contribution in [-0.2, 0) is 11.3 Å². The molecule has 0 aromatic heterocycles. The largest absolute Gasteiger partial charge is 0.368 e. The van der Waals surface area contributed by atoms with Crippen molar-refractivity contribution in [3.05, 3.63) is 29.6 Å². The summed E-state index contributed by atoms with van der Waals surface area (Å²) >= 11 is 0. The summed E-state index contributed by atoms with van der Waals surface area (Å²) < 4.78 is 14.1. The number of amides is 1. The van der Waals surface area contributed by atoms with Crippen molar-refractivity contribution in [1.29, 1.82) is 0 Å². The Kier molecular flexibility index (Phi) is 5.76. The molecule has 0 spiro atoms. The van der Waals surface area contributed by atoms with Gasteiger partial charge in [-0.05, 0) is 38.1 Å². The first kappa shape index (κ1) is 15.4. The Hall–Kier alpha value is -1.62. The lowest BCUT2D eigenvalue weighted by Gasteiger charge is -2.28. The first-order valence-electron chi connectivity index (χ1n) is 6.49. The molecular weight excluding hydrogens is 245 g/mol. The first-order valence-corrected chi connectivity index (χ1v) is 6.49. The number of rotatable bonds is 7. The lowest BCUT2D eigenvalue weighted by Crippen LogP contribution is -2.39. The maximum absolute atomic E-state index is 14.1. The van der Waals surface area contributed by atoms with Gasteiger partial charge in [-0.15, -0.1) is 0 Å². The zero-order chi connectivity index (χ0) is 14.4. The van der Waals surface area contributed by atoms with Crippen LogP contribution in [0.2, 0.25) is 0 Å². The summed E-state index contributed by atoms with van der Waals surface area (Å²) in [7, 11) is 0. The predicted octanol–water partition coefficient (Wildman–Crippen LogP) is 1.64. The SMILES string of the molecule is CCNCc1ccc(N(CC(N)=O)C(C)C)c(F)c1. The number of anilines is 1. The molecule has 5 heteroatoms. The van der Waals surface area contributed by atoms with E-state index in [0.29, 0.717) is 12.2 Å². The van der Waals surface area contributed by atoms with Crippen molar-refractivity contribution >= 4 is 11.6 Å². The third-order valence-electron chi connectivity index (χ3n) is 2.85. The maximum atomic E-state index is 14.1. The minimum absolute atomic E-state index is 0.00150. The number of nitrogens with one attached hydrogen (secondary N) is 1. The quantitative estimate of drug-likeness (QED) is 0.789. The second kappa shape index (κ2) is 7.09. The van der Waals surface area contributed by atoms with Crippen molar-refractivity contribution < 1.29 is 9.18 Å². The Morgan fingerprint density at radius 1 is 1.47 bits per heavy atom. The fourth-order valence-corrected chi connectivity index (χ4v) is 1.88. The van der Waals surface area contributed by atoms with Crippen molar-refractivity contribution in [3.63, 3.8) is 0 Å². The van der Waals surface area contributed by atoms with Crippen LogP contribution < -0.4 is 16.0 Å². The van der Waals surface area contributed by atoms with Crippen LogP contribution in [0.3, 0.4) is 0 Å². The second-order valence-electron chi connectivity index (χ2n) is 4.75. The Morgan fingerprint density at radius 2 is 2.16 bits per heavy atom. The summed E-state index contributed by atoms with van der Waals surface area (Å²) in [6.07, 6.45) is 0. The molecule has 0 heterocycles. The minimum Gasteiger partial charge on any atom is -0.368 e. The normalized spacial score (nSPS) is 10.8. The molecule has 0 aliphatic heterocycles. The predicted molar refractivity (Wildman–Crippen MR) is 75.5 cm³/mol. The fraction of sp³-hybridized carbons (Fsp3) is 0.500. The molecule has 0 atom stereocenters. The van der Waals surface area contributed by atoms with Gasteiger partial charge in [0.05, 0.1) is 12.2 Å². The van der Waals surface area contributed by atoms with Gasteiger partial charge < -0.3 is 16.0 Å². The van der Waals surface area contributed by atoms with Crippen LogP contribution in [0.1, 0.15) is 26.3 Å². The summed E-state index contributed by atoms with van der Waals surface area (Å²) in [4.78, 5) is 12.7. The van der Waals surface area contributed by atoms with Gasteiger partial charge in [-0.25, -0.2) is 4.39 Å². The van der Waals surface area contributed by atoms with E-state index in [1.807, 2.05) is 26.8 Å². The van der Waals surface area contributed by atoms with Crippen molar-refractivity contribution in [2.24, 2.45) is 5.73 Å². The van der Waals surface area contributed by atoms with Gasteiger partial charge in [0.1, 0.15) is 5.82 Å². The zero-order valence-electron chi connectivity index (χ0n) is 11.7. The molecule has 1 aromatic carbocycles. The van der Waals surface area contributed by atoms with Gasteiger partial charge >= 0.3 is 0 Å². The van der Waals surface area contributed by atoms with Gasteiger partial charge in [-0.3, -0.25) is 4.79 Å². The van der Waals surface area contributed by atoms with Gasteiger partial charge in [0.2, 0.25) is 5.91 Å². The molecule has 0 fully saturated rings. The van der Waals surface area contributed by atoms with Crippen LogP contribution in [0.5, 0.6) is 0 Å². The number of carbonyl (C=O) groups is 1. The van der Waals surface area contributed by atoms with Crippen molar-refractivity contribution in [1.82, 2.24) is 5.32 Å². The molecule has 0 radical (unpaired) electrons. The molecule has 1 amide bonds. The summed E-state index contributed by atoms with van der Waals surface area (Å²) in [5, 5.41) is 3.14. The number of halogens is 1. The van der Waals surface area contributed by atoms with Crippen molar-refractivity contribution in [2.75, 3.05) is 18.0 Å². The van der Waals surface area contributed by atoms with E-state index >= 15 is 0 Å². The van der Waals surface area contributed by atoms with Crippen LogP contribution in [0.15, 0.2) is 18.2 Å². The highest BCUT2D eigenvalue weighted by molar-refractivity contribution is 5.79. The van der Waals surface area contributed by atoms with Crippen LogP contribution >= 0.6 is 0 Å². The van der Waals surface area contributed by atoms with E-state index in [9.17, 15) is 9.18 Å². The van der Waals surface area contributed by atoms with Crippen LogP contribution in [-0.4, -0.2) is 25.0 Å². The topological polar surface area (TPSA) is 58.4 Å². The molecule has 1 aromatic rings. The summed E-state index contributed by atoms with van der Waals surface area (Å²) in [5.41, 5.74) is 6.49. The standard InChI is InChI=1S/C14H22FN3O/c1-4-17-8-11-5-6-13(12(15)7-11)18(10(2)3)9-14(16)19/h5-7,10,17H,4,8-9H2,1-3H3,(H2,16,19). The van der Waals surface area contributed by atoms with Crippen molar-refractivity contribution in [2.45, 2.75) is 33.4 Å². The highest BCUT2D eigenvalue weighted by Gasteiger charge is 2.17.